The molecule has 1 saturated heterocycles. The second-order valence-electron chi connectivity index (χ2n) is 6.49. The van der Waals surface area contributed by atoms with Crippen LogP contribution in [0.3, 0.4) is 0 Å². The molecule has 0 aromatic heterocycles. The van der Waals surface area contributed by atoms with Gasteiger partial charge in [0.1, 0.15) is 0 Å². The summed E-state index contributed by atoms with van der Waals surface area (Å²) in [5, 5.41) is 17.7. The summed E-state index contributed by atoms with van der Waals surface area (Å²) in [6.45, 7) is 6.86. The van der Waals surface area contributed by atoms with Crippen molar-refractivity contribution in [2.45, 2.75) is 32.5 Å². The highest BCUT2D eigenvalue weighted by molar-refractivity contribution is 6.27. The molecule has 10 nitrogen and oxygen atoms in total. The minimum Gasteiger partial charge on any atom is -0.473 e. The van der Waals surface area contributed by atoms with E-state index in [9.17, 15) is 4.79 Å². The van der Waals surface area contributed by atoms with Gasteiger partial charge < -0.3 is 29.7 Å². The summed E-state index contributed by atoms with van der Waals surface area (Å²) in [5.41, 5.74) is 0.734. The fraction of sp³-hybridized carbons (Fsp3) is 0.500. The van der Waals surface area contributed by atoms with Crippen molar-refractivity contribution in [1.29, 1.82) is 0 Å². The molecule has 0 aliphatic carbocycles. The van der Waals surface area contributed by atoms with Gasteiger partial charge in [-0.3, -0.25) is 9.69 Å². The molecular formula is C18H24N2O8. The van der Waals surface area contributed by atoms with E-state index in [1.807, 2.05) is 12.1 Å². The van der Waals surface area contributed by atoms with E-state index in [-0.39, 0.29) is 24.9 Å². The molecule has 3 N–H and O–H groups in total. The third-order valence-corrected chi connectivity index (χ3v) is 3.99. The number of fused-ring (bicyclic) bond motifs is 1. The first kappa shape index (κ1) is 21.5. The van der Waals surface area contributed by atoms with Crippen molar-refractivity contribution >= 4 is 23.5 Å². The molecule has 2 aliphatic heterocycles. The lowest BCUT2D eigenvalue weighted by Crippen LogP contribution is -2.46. The van der Waals surface area contributed by atoms with Gasteiger partial charge in [-0.05, 0) is 26.0 Å². The first-order valence-electron chi connectivity index (χ1n) is 8.78. The summed E-state index contributed by atoms with van der Waals surface area (Å²) >= 11 is 0. The van der Waals surface area contributed by atoms with Crippen LogP contribution < -0.4 is 14.8 Å². The molecule has 1 aromatic rings. The predicted molar refractivity (Wildman–Crippen MR) is 97.5 cm³/mol. The number of hydrogen-bond acceptors (Lipinski definition) is 7. The van der Waals surface area contributed by atoms with Crippen LogP contribution in [-0.4, -0.2) is 71.6 Å². The van der Waals surface area contributed by atoms with Gasteiger partial charge in [-0.25, -0.2) is 9.59 Å². The summed E-state index contributed by atoms with van der Waals surface area (Å²) in [6, 6.07) is 5.42. The topological polar surface area (TPSA) is 135 Å². The van der Waals surface area contributed by atoms with Gasteiger partial charge in [-0.2, -0.15) is 0 Å². The SMILES string of the molecule is CC1CN(CCC(=O)Nc2ccc3c(c2)OCO3)CC(C)O1.O=C(O)C(=O)O. The number of carbonyl (C=O) groups is 3. The molecule has 1 amide bonds. The third kappa shape index (κ3) is 6.71. The average Bonchev–Trinajstić information content (AvgIpc) is 3.07. The first-order valence-corrected chi connectivity index (χ1v) is 8.78. The number of carbonyl (C=O) groups excluding carboxylic acids is 1. The molecule has 1 fully saturated rings. The highest BCUT2D eigenvalue weighted by atomic mass is 16.7. The molecule has 0 radical (unpaired) electrons. The number of benzene rings is 1. The molecule has 2 unspecified atom stereocenters. The van der Waals surface area contributed by atoms with E-state index in [0.29, 0.717) is 17.9 Å². The summed E-state index contributed by atoms with van der Waals surface area (Å²) in [4.78, 5) is 32.6. The Kier molecular flexibility index (Phi) is 7.59. The quantitative estimate of drug-likeness (QED) is 0.637. The second kappa shape index (κ2) is 9.90. The largest absolute Gasteiger partial charge is 0.473 e. The number of morpholine rings is 1. The van der Waals surface area contributed by atoms with Gasteiger partial charge in [0.05, 0.1) is 12.2 Å². The van der Waals surface area contributed by atoms with Crippen LogP contribution in [0.2, 0.25) is 0 Å². The second-order valence-corrected chi connectivity index (χ2v) is 6.49. The fourth-order valence-electron chi connectivity index (χ4n) is 2.92. The number of amides is 1. The summed E-state index contributed by atoms with van der Waals surface area (Å²) in [7, 11) is 0. The van der Waals surface area contributed by atoms with Gasteiger partial charge in [0.2, 0.25) is 12.7 Å². The first-order chi connectivity index (χ1) is 13.2. The zero-order chi connectivity index (χ0) is 20.7. The minimum absolute atomic E-state index is 0.00524. The van der Waals surface area contributed by atoms with Crippen LogP contribution in [0, 0.1) is 0 Å². The number of nitrogens with one attached hydrogen (secondary N) is 1. The van der Waals surface area contributed by atoms with Crippen LogP contribution in [0.1, 0.15) is 20.3 Å². The molecule has 0 bridgehead atoms. The highest BCUT2D eigenvalue weighted by Crippen LogP contribution is 2.34. The molecule has 2 aliphatic rings. The maximum Gasteiger partial charge on any atom is 0.414 e. The normalized spacial score (nSPS) is 20.6. The lowest BCUT2D eigenvalue weighted by molar-refractivity contribution is -0.159. The number of aliphatic carboxylic acids is 2. The molecule has 2 heterocycles. The monoisotopic (exact) mass is 396 g/mol. The molecule has 154 valence electrons. The van der Waals surface area contributed by atoms with Crippen LogP contribution in [0.5, 0.6) is 11.5 Å². The maximum atomic E-state index is 12.1. The number of ether oxygens (including phenoxy) is 3. The molecule has 28 heavy (non-hydrogen) atoms. The van der Waals surface area contributed by atoms with Gasteiger partial charge in [-0.15, -0.1) is 0 Å². The van der Waals surface area contributed by atoms with Crippen molar-refractivity contribution in [3.05, 3.63) is 18.2 Å². The van der Waals surface area contributed by atoms with Gasteiger partial charge >= 0.3 is 11.9 Å². The van der Waals surface area contributed by atoms with E-state index in [4.69, 9.17) is 34.0 Å². The third-order valence-electron chi connectivity index (χ3n) is 3.99. The van der Waals surface area contributed by atoms with E-state index in [0.717, 1.165) is 25.3 Å². The number of rotatable bonds is 4. The smallest absolute Gasteiger partial charge is 0.414 e. The van der Waals surface area contributed by atoms with Crippen LogP contribution in [-0.2, 0) is 19.1 Å². The Labute approximate surface area is 162 Å². The van der Waals surface area contributed by atoms with E-state index in [2.05, 4.69) is 24.1 Å². The van der Waals surface area contributed by atoms with Gasteiger partial charge in [-0.1, -0.05) is 0 Å². The van der Waals surface area contributed by atoms with Gasteiger partial charge in [0.25, 0.3) is 0 Å². The van der Waals surface area contributed by atoms with Crippen molar-refractivity contribution in [2.24, 2.45) is 0 Å². The Hall–Kier alpha value is -2.85. The molecule has 1 aromatic carbocycles. The number of anilines is 1. The summed E-state index contributed by atoms with van der Waals surface area (Å²) < 4.78 is 16.2. The van der Waals surface area contributed by atoms with Crippen molar-refractivity contribution in [1.82, 2.24) is 4.90 Å². The Morgan fingerprint density at radius 2 is 1.68 bits per heavy atom. The van der Waals surface area contributed by atoms with Crippen LogP contribution >= 0.6 is 0 Å². The molecule has 10 heteroatoms. The molecule has 2 atom stereocenters. The van der Waals surface area contributed by atoms with E-state index < -0.39 is 11.9 Å². The Balaban J connectivity index is 0.000000409. The van der Waals surface area contributed by atoms with E-state index in [1.54, 1.807) is 6.07 Å². The standard InChI is InChI=1S/C16H22N2O4.C2H2O4/c1-11-8-18(9-12(2)22-11)6-5-16(19)17-13-3-4-14-15(7-13)21-10-20-14;3-1(4)2(5)6/h3-4,7,11-12H,5-6,8-10H2,1-2H3,(H,17,19);(H,3,4)(H,5,6). The highest BCUT2D eigenvalue weighted by Gasteiger charge is 2.22. The molecule has 3 rings (SSSR count). The zero-order valence-electron chi connectivity index (χ0n) is 15.7. The number of carboxylic acids is 2. The van der Waals surface area contributed by atoms with Crippen molar-refractivity contribution in [2.75, 3.05) is 31.7 Å². The van der Waals surface area contributed by atoms with Crippen LogP contribution in [0.4, 0.5) is 5.69 Å². The fourth-order valence-corrected chi connectivity index (χ4v) is 2.92. The number of hydrogen-bond donors (Lipinski definition) is 3. The maximum absolute atomic E-state index is 12.1. The van der Waals surface area contributed by atoms with E-state index >= 15 is 0 Å². The minimum atomic E-state index is -1.82. The van der Waals surface area contributed by atoms with E-state index in [1.165, 1.54) is 0 Å². The van der Waals surface area contributed by atoms with Crippen molar-refractivity contribution in [3.63, 3.8) is 0 Å². The number of nitrogens with zero attached hydrogens (tertiary/aromatic N) is 1. The molecule has 0 spiro atoms. The average molecular weight is 396 g/mol. The van der Waals surface area contributed by atoms with Crippen molar-refractivity contribution in [3.8, 4) is 11.5 Å². The zero-order valence-corrected chi connectivity index (χ0v) is 15.7. The predicted octanol–water partition coefficient (Wildman–Crippen LogP) is 1.01. The molecule has 0 saturated carbocycles. The van der Waals surface area contributed by atoms with Gasteiger partial charge in [0.15, 0.2) is 11.5 Å². The summed E-state index contributed by atoms with van der Waals surface area (Å²) in [5.74, 6) is -2.25. The lowest BCUT2D eigenvalue weighted by Gasteiger charge is -2.35. The lowest BCUT2D eigenvalue weighted by atomic mass is 10.2. The summed E-state index contributed by atoms with van der Waals surface area (Å²) in [6.07, 6.45) is 0.912. The Morgan fingerprint density at radius 1 is 1.07 bits per heavy atom. The van der Waals surface area contributed by atoms with Gasteiger partial charge in [0, 0.05) is 37.8 Å². The molecular weight excluding hydrogens is 372 g/mol. The Morgan fingerprint density at radius 3 is 2.29 bits per heavy atom. The van der Waals surface area contributed by atoms with Crippen LogP contribution in [0.25, 0.3) is 0 Å². The van der Waals surface area contributed by atoms with Crippen LogP contribution in [0.15, 0.2) is 18.2 Å². The van der Waals surface area contributed by atoms with Crippen molar-refractivity contribution < 1.29 is 38.8 Å². The number of carboxylic acid groups (broad SMARTS) is 2. The Bertz CT molecular complexity index is 702.